The molecule has 4 aromatic rings. The Balaban J connectivity index is 1.57. The van der Waals surface area contributed by atoms with Gasteiger partial charge in [0.05, 0.1) is 25.3 Å². The molecule has 0 spiro atoms. The highest BCUT2D eigenvalue weighted by Crippen LogP contribution is 2.21. The normalized spacial score (nSPS) is 11.5. The van der Waals surface area contributed by atoms with E-state index in [9.17, 15) is 18.8 Å². The van der Waals surface area contributed by atoms with Gasteiger partial charge in [-0.3, -0.25) is 15.0 Å². The third kappa shape index (κ3) is 14.6. The first kappa shape index (κ1) is 42.0. The molecular weight excluding hydrogens is 710 g/mol. The number of nitrogens with zero attached hydrogens (tertiary/aromatic N) is 3. The van der Waals surface area contributed by atoms with Crippen LogP contribution in [-0.2, 0) is 45.2 Å². The van der Waals surface area contributed by atoms with Gasteiger partial charge in [-0.25, -0.2) is 19.2 Å². The predicted octanol–water partition coefficient (Wildman–Crippen LogP) is 5.30. The van der Waals surface area contributed by atoms with E-state index in [0.29, 0.717) is 0 Å². The van der Waals surface area contributed by atoms with Crippen LogP contribution in [0.2, 0.25) is 0 Å². The number of benzene rings is 3. The second-order valence-electron chi connectivity index (χ2n) is 12.3. The molecule has 3 N–H and O–H groups in total. The number of hydrazine groups is 1. The Morgan fingerprint density at radius 2 is 1.58 bits per heavy atom. The van der Waals surface area contributed by atoms with Crippen LogP contribution in [0.3, 0.4) is 0 Å². The van der Waals surface area contributed by atoms with Crippen LogP contribution < -0.4 is 20.8 Å². The zero-order chi connectivity index (χ0) is 39.4. The van der Waals surface area contributed by atoms with Crippen molar-refractivity contribution in [1.82, 2.24) is 31.0 Å². The molecule has 0 aliphatic heterocycles. The molecule has 0 fully saturated rings. The van der Waals surface area contributed by atoms with Crippen molar-refractivity contribution in [2.75, 3.05) is 32.8 Å². The Bertz CT molecular complexity index is 1810. The molecule has 0 aliphatic rings. The molecule has 0 saturated carbocycles. The van der Waals surface area contributed by atoms with Crippen molar-refractivity contribution >= 4 is 17.8 Å². The molecule has 1 aromatic heterocycles. The summed E-state index contributed by atoms with van der Waals surface area (Å²) < 4.78 is 47.1. The number of halogens is 2. The Hall–Kier alpha value is -5.70. The van der Waals surface area contributed by atoms with E-state index >= 15 is 4.39 Å². The van der Waals surface area contributed by atoms with Crippen molar-refractivity contribution in [3.8, 4) is 5.75 Å². The van der Waals surface area contributed by atoms with Crippen LogP contribution in [0, 0.1) is 11.8 Å². The van der Waals surface area contributed by atoms with Crippen LogP contribution in [0.15, 0.2) is 110 Å². The molecule has 0 saturated heterocycles. The summed E-state index contributed by atoms with van der Waals surface area (Å²) in [5, 5.41) is 6.79. The summed E-state index contributed by atoms with van der Waals surface area (Å²) in [5.41, 5.74) is 4.77. The van der Waals surface area contributed by atoms with E-state index in [2.05, 4.69) is 27.6 Å². The van der Waals surface area contributed by atoms with E-state index in [1.165, 1.54) is 40.3 Å². The number of carbonyl (C=O) groups excluding carboxylic acids is 3. The van der Waals surface area contributed by atoms with Crippen molar-refractivity contribution < 1.29 is 37.4 Å². The Morgan fingerprint density at radius 1 is 0.891 bits per heavy atom. The molecule has 292 valence electrons. The fourth-order valence-electron chi connectivity index (χ4n) is 5.52. The molecule has 55 heavy (non-hydrogen) atoms. The van der Waals surface area contributed by atoms with Gasteiger partial charge in [0.2, 0.25) is 17.8 Å². The highest BCUT2D eigenvalue weighted by Gasteiger charge is 2.30. The second kappa shape index (κ2) is 22.5. The van der Waals surface area contributed by atoms with Gasteiger partial charge in [-0.15, -0.1) is 6.58 Å². The Labute approximate surface area is 320 Å². The summed E-state index contributed by atoms with van der Waals surface area (Å²) in [5.74, 6) is -2.38. The van der Waals surface area contributed by atoms with Crippen molar-refractivity contribution in [3.63, 3.8) is 0 Å². The van der Waals surface area contributed by atoms with Crippen molar-refractivity contribution in [3.05, 3.63) is 144 Å². The predicted molar refractivity (Wildman–Crippen MR) is 203 cm³/mol. The lowest BCUT2D eigenvalue weighted by molar-refractivity contribution is -0.161. The van der Waals surface area contributed by atoms with Gasteiger partial charge in [0.25, 0.3) is 0 Å². The average Bonchev–Trinajstić information content (AvgIpc) is 3.17. The van der Waals surface area contributed by atoms with Gasteiger partial charge in [-0.2, -0.15) is 4.39 Å². The summed E-state index contributed by atoms with van der Waals surface area (Å²) in [7, 11) is 0. The number of hydrogen-bond donors (Lipinski definition) is 3. The van der Waals surface area contributed by atoms with Gasteiger partial charge in [0.15, 0.2) is 6.29 Å². The SMILES string of the molecule is C=CCN(CC(=O)N[C@@H](Cc1ccc(OCc2ccccc2)cc1F)C(=O)N(Cc1cccc(F)n1)CC(OCC)OCC)NC(=O)NCc1ccccc1. The minimum atomic E-state index is -1.33. The minimum absolute atomic E-state index is 0.0889. The lowest BCUT2D eigenvalue weighted by Crippen LogP contribution is -2.55. The molecule has 0 aliphatic carbocycles. The molecular formula is C41H48F2N6O6. The lowest BCUT2D eigenvalue weighted by atomic mass is 10.0. The van der Waals surface area contributed by atoms with Crippen molar-refractivity contribution in [2.45, 2.75) is 52.3 Å². The van der Waals surface area contributed by atoms with Crippen molar-refractivity contribution in [1.29, 1.82) is 0 Å². The van der Waals surface area contributed by atoms with E-state index in [1.54, 1.807) is 26.0 Å². The maximum atomic E-state index is 15.7. The molecule has 0 bridgehead atoms. The summed E-state index contributed by atoms with van der Waals surface area (Å²) in [4.78, 5) is 46.1. The van der Waals surface area contributed by atoms with Crippen LogP contribution in [0.25, 0.3) is 0 Å². The van der Waals surface area contributed by atoms with Crippen LogP contribution in [0.5, 0.6) is 5.75 Å². The van der Waals surface area contributed by atoms with E-state index in [4.69, 9.17) is 14.2 Å². The van der Waals surface area contributed by atoms with Gasteiger partial charge in [0, 0.05) is 38.8 Å². The standard InChI is InChI=1S/C41H48F2N6O6/c1-4-22-49(47-41(52)44-25-30-14-9-7-10-15-30)27-38(50)46-36(23-32-20-21-34(24-35(32)42)55-29-31-16-11-8-12-17-31)40(51)48(28-39(53-5-2)54-6-3)26-33-18-13-19-37(43)45-33/h4,7-21,24,36,39H,1,5-6,22-23,25-29H2,2-3H3,(H,46,50)(H2,44,47,52)/t36-/m0/s1. The molecule has 1 atom stereocenters. The van der Waals surface area contributed by atoms with E-state index in [0.717, 1.165) is 11.1 Å². The van der Waals surface area contributed by atoms with Crippen LogP contribution >= 0.6 is 0 Å². The number of ether oxygens (including phenoxy) is 3. The first-order valence-electron chi connectivity index (χ1n) is 18.0. The quantitative estimate of drug-likeness (QED) is 0.0426. The van der Waals surface area contributed by atoms with Gasteiger partial charge in [-0.1, -0.05) is 78.9 Å². The lowest BCUT2D eigenvalue weighted by Gasteiger charge is -2.31. The number of carbonyl (C=O) groups is 3. The monoisotopic (exact) mass is 758 g/mol. The first-order chi connectivity index (χ1) is 26.7. The van der Waals surface area contributed by atoms with Crippen LogP contribution in [-0.4, -0.2) is 77.9 Å². The number of amides is 4. The number of rotatable bonds is 22. The zero-order valence-electron chi connectivity index (χ0n) is 31.1. The summed E-state index contributed by atoms with van der Waals surface area (Å²) in [6.07, 6.45) is 0.380. The average molecular weight is 759 g/mol. The number of pyridine rings is 1. The van der Waals surface area contributed by atoms with Crippen LogP contribution in [0.4, 0.5) is 13.6 Å². The number of urea groups is 1. The van der Waals surface area contributed by atoms with Gasteiger partial charge < -0.3 is 29.7 Å². The molecule has 14 heteroatoms. The minimum Gasteiger partial charge on any atom is -0.489 e. The molecule has 4 amide bonds. The maximum absolute atomic E-state index is 15.7. The smallest absolute Gasteiger partial charge is 0.329 e. The summed E-state index contributed by atoms with van der Waals surface area (Å²) in [6, 6.07) is 25.3. The third-order valence-electron chi connectivity index (χ3n) is 8.08. The topological polar surface area (TPSA) is 134 Å². The second-order valence-corrected chi connectivity index (χ2v) is 12.3. The Morgan fingerprint density at radius 3 is 2.22 bits per heavy atom. The largest absolute Gasteiger partial charge is 0.489 e. The van der Waals surface area contributed by atoms with Crippen LogP contribution in [0.1, 0.15) is 36.2 Å². The fraction of sp³-hybridized carbons (Fsp3) is 0.317. The molecule has 0 unspecified atom stereocenters. The highest BCUT2D eigenvalue weighted by molar-refractivity contribution is 5.89. The van der Waals surface area contributed by atoms with E-state index < -0.39 is 41.9 Å². The molecule has 3 aromatic carbocycles. The molecule has 4 rings (SSSR count). The van der Waals surface area contributed by atoms with E-state index in [1.807, 2.05) is 60.7 Å². The van der Waals surface area contributed by atoms with Gasteiger partial charge in [0.1, 0.15) is 24.2 Å². The number of nitrogens with one attached hydrogen (secondary N) is 3. The molecule has 0 radical (unpaired) electrons. The van der Waals surface area contributed by atoms with Crippen molar-refractivity contribution in [2.24, 2.45) is 0 Å². The summed E-state index contributed by atoms with van der Waals surface area (Å²) in [6.45, 7) is 7.73. The fourth-order valence-corrected chi connectivity index (χ4v) is 5.52. The van der Waals surface area contributed by atoms with Gasteiger partial charge >= 0.3 is 6.03 Å². The number of aromatic nitrogens is 1. The zero-order valence-corrected chi connectivity index (χ0v) is 31.1. The summed E-state index contributed by atoms with van der Waals surface area (Å²) >= 11 is 0. The maximum Gasteiger partial charge on any atom is 0.329 e. The third-order valence-corrected chi connectivity index (χ3v) is 8.08. The molecule has 12 nitrogen and oxygen atoms in total. The molecule has 1 heterocycles. The first-order valence-corrected chi connectivity index (χ1v) is 18.0. The number of hydrogen-bond acceptors (Lipinski definition) is 8. The van der Waals surface area contributed by atoms with E-state index in [-0.39, 0.29) is 76.0 Å². The highest BCUT2D eigenvalue weighted by atomic mass is 19.1. The Kier molecular flexibility index (Phi) is 17.2. The van der Waals surface area contributed by atoms with Gasteiger partial charge in [-0.05, 0) is 48.7 Å².